The van der Waals surface area contributed by atoms with Gasteiger partial charge in [-0.15, -0.1) is 0 Å². The second-order valence-corrected chi connectivity index (χ2v) is 9.32. The molecule has 0 saturated carbocycles. The largest absolute Gasteiger partial charge is 0.336 e. The lowest BCUT2D eigenvalue weighted by molar-refractivity contribution is 0.371. The van der Waals surface area contributed by atoms with Gasteiger partial charge >= 0.3 is 7.60 Å². The van der Waals surface area contributed by atoms with E-state index in [9.17, 15) is 4.57 Å². The van der Waals surface area contributed by atoms with Gasteiger partial charge in [-0.25, -0.2) is 0 Å². The Balaban J connectivity index is 1.76. The van der Waals surface area contributed by atoms with Crippen LogP contribution < -0.4 is 0 Å². The third kappa shape index (κ3) is 3.77. The third-order valence-corrected chi connectivity index (χ3v) is 5.99. The Labute approximate surface area is 164 Å². The van der Waals surface area contributed by atoms with Gasteiger partial charge in [0.15, 0.2) is 0 Å². The van der Waals surface area contributed by atoms with Crippen molar-refractivity contribution >= 4 is 29.4 Å². The first kappa shape index (κ1) is 18.9. The molecule has 0 fully saturated rings. The van der Waals surface area contributed by atoms with Gasteiger partial charge in [0, 0.05) is 28.4 Å². The summed E-state index contributed by atoms with van der Waals surface area (Å²) >= 11 is 0. The molecule has 0 spiro atoms. The van der Waals surface area contributed by atoms with Crippen LogP contribution in [-0.4, -0.2) is 14.4 Å². The molecule has 0 bridgehead atoms. The highest BCUT2D eigenvalue weighted by Gasteiger charge is 2.15. The quantitative estimate of drug-likeness (QED) is 0.431. The molecule has 1 heterocycles. The van der Waals surface area contributed by atoms with Crippen LogP contribution in [0.3, 0.4) is 0 Å². The third-order valence-electron chi connectivity index (χ3n) is 5.22. The smallest absolute Gasteiger partial charge is 0.329 e. The van der Waals surface area contributed by atoms with Gasteiger partial charge in [-0.1, -0.05) is 62.4 Å². The minimum atomic E-state index is -4.04. The van der Waals surface area contributed by atoms with Crippen LogP contribution in [0.25, 0.3) is 21.8 Å². The number of fused-ring (bicyclic) bond motifs is 3. The van der Waals surface area contributed by atoms with Gasteiger partial charge in [0.25, 0.3) is 0 Å². The van der Waals surface area contributed by atoms with E-state index < -0.39 is 7.60 Å². The molecule has 2 N–H and O–H groups in total. The molecule has 144 valence electrons. The molecule has 1 aromatic heterocycles. The molecule has 0 unspecified atom stereocenters. The molecule has 4 rings (SSSR count). The first-order valence-corrected chi connectivity index (χ1v) is 11.2. The van der Waals surface area contributed by atoms with Crippen LogP contribution in [0.5, 0.6) is 0 Å². The number of nitrogens with zero attached hydrogens (tertiary/aromatic N) is 1. The van der Waals surface area contributed by atoms with Crippen molar-refractivity contribution in [2.24, 2.45) is 0 Å². The molecule has 0 amide bonds. The zero-order chi connectivity index (χ0) is 19.9. The van der Waals surface area contributed by atoms with Crippen molar-refractivity contribution in [1.82, 2.24) is 4.57 Å². The number of aromatic nitrogens is 1. The minimum Gasteiger partial charge on any atom is -0.336 e. The summed E-state index contributed by atoms with van der Waals surface area (Å²) in [5.41, 5.74) is 5.48. The zero-order valence-corrected chi connectivity index (χ0v) is 16.9. The molecular weight excluding hydrogens is 369 g/mol. The Bertz CT molecular complexity index is 1190. The summed E-state index contributed by atoms with van der Waals surface area (Å²) in [5.74, 6) is 0.480. The second kappa shape index (κ2) is 7.21. The van der Waals surface area contributed by atoms with E-state index in [-0.39, 0.29) is 6.16 Å². The Hall–Kier alpha value is -2.39. The van der Waals surface area contributed by atoms with Gasteiger partial charge in [-0.2, -0.15) is 0 Å². The van der Waals surface area contributed by atoms with Crippen LogP contribution in [-0.2, 0) is 17.3 Å². The maximum atomic E-state index is 11.2. The van der Waals surface area contributed by atoms with E-state index in [1.807, 2.05) is 12.1 Å². The molecule has 0 aliphatic carbocycles. The van der Waals surface area contributed by atoms with Crippen LogP contribution in [0, 0.1) is 0 Å². The highest BCUT2D eigenvalue weighted by Crippen LogP contribution is 2.39. The molecule has 0 atom stereocenters. The lowest BCUT2D eigenvalue weighted by Gasteiger charge is -2.10. The molecular formula is C23H24NO3P. The Morgan fingerprint density at radius 2 is 1.50 bits per heavy atom. The summed E-state index contributed by atoms with van der Waals surface area (Å²) in [4.78, 5) is 18.3. The van der Waals surface area contributed by atoms with Crippen LogP contribution in [0.2, 0.25) is 0 Å². The second-order valence-electron chi connectivity index (χ2n) is 7.67. The van der Waals surface area contributed by atoms with Crippen LogP contribution >= 0.6 is 7.60 Å². The lowest BCUT2D eigenvalue weighted by Crippen LogP contribution is -2.00. The Morgan fingerprint density at radius 3 is 2.18 bits per heavy atom. The first-order valence-electron chi connectivity index (χ1n) is 9.45. The monoisotopic (exact) mass is 393 g/mol. The Morgan fingerprint density at radius 1 is 0.857 bits per heavy atom. The van der Waals surface area contributed by atoms with Crippen LogP contribution in [0.15, 0.2) is 66.7 Å². The maximum Gasteiger partial charge on any atom is 0.329 e. The SMILES string of the molecule is CC(C)c1ccc2c(c1)c1ccccc1n2Cc1ccc(CP(=O)(O)O)cc1. The fourth-order valence-electron chi connectivity index (χ4n) is 3.77. The van der Waals surface area contributed by atoms with Crippen LogP contribution in [0.4, 0.5) is 0 Å². The van der Waals surface area contributed by atoms with E-state index in [0.29, 0.717) is 18.0 Å². The topological polar surface area (TPSA) is 62.5 Å². The van der Waals surface area contributed by atoms with Crippen molar-refractivity contribution in [2.75, 3.05) is 0 Å². The molecule has 4 aromatic rings. The summed E-state index contributed by atoms with van der Waals surface area (Å²) in [5, 5.41) is 2.51. The van der Waals surface area contributed by atoms with Gasteiger partial charge in [-0.3, -0.25) is 4.57 Å². The summed E-state index contributed by atoms with van der Waals surface area (Å²) in [6.45, 7) is 5.13. The average Bonchev–Trinajstić information content (AvgIpc) is 2.96. The summed E-state index contributed by atoms with van der Waals surface area (Å²) in [6, 6.07) is 22.7. The normalized spacial score (nSPS) is 12.3. The first-order chi connectivity index (χ1) is 13.3. The summed E-state index contributed by atoms with van der Waals surface area (Å²) in [6.07, 6.45) is -0.222. The van der Waals surface area contributed by atoms with Gasteiger partial charge in [0.2, 0.25) is 0 Å². The highest BCUT2D eigenvalue weighted by atomic mass is 31.2. The maximum absolute atomic E-state index is 11.2. The fourth-order valence-corrected chi connectivity index (χ4v) is 4.46. The van der Waals surface area contributed by atoms with Gasteiger partial charge < -0.3 is 14.4 Å². The number of hydrogen-bond donors (Lipinski definition) is 2. The predicted octanol–water partition coefficient (Wildman–Crippen LogP) is 5.64. The van der Waals surface area contributed by atoms with E-state index in [0.717, 1.165) is 5.56 Å². The predicted molar refractivity (Wildman–Crippen MR) is 115 cm³/mol. The van der Waals surface area contributed by atoms with E-state index in [1.54, 1.807) is 12.1 Å². The number of benzene rings is 3. The molecule has 0 radical (unpaired) electrons. The Kier molecular flexibility index (Phi) is 4.88. The molecule has 3 aromatic carbocycles. The number of hydrogen-bond acceptors (Lipinski definition) is 1. The minimum absolute atomic E-state index is 0.222. The average molecular weight is 393 g/mol. The molecule has 5 heteroatoms. The van der Waals surface area contributed by atoms with Gasteiger partial charge in [0.1, 0.15) is 0 Å². The van der Waals surface area contributed by atoms with Crippen molar-refractivity contribution < 1.29 is 14.4 Å². The number of rotatable bonds is 5. The van der Waals surface area contributed by atoms with Crippen molar-refractivity contribution in [3.63, 3.8) is 0 Å². The lowest BCUT2D eigenvalue weighted by atomic mass is 10.0. The number of para-hydroxylation sites is 1. The van der Waals surface area contributed by atoms with Crippen molar-refractivity contribution in [3.05, 3.63) is 83.4 Å². The van der Waals surface area contributed by atoms with E-state index in [4.69, 9.17) is 9.79 Å². The molecule has 4 nitrogen and oxygen atoms in total. The van der Waals surface area contributed by atoms with Crippen molar-refractivity contribution in [1.29, 1.82) is 0 Å². The van der Waals surface area contributed by atoms with E-state index >= 15 is 0 Å². The fraction of sp³-hybridized carbons (Fsp3) is 0.217. The standard InChI is InChI=1S/C23H24NO3P/c1-16(2)19-11-12-23-21(13-19)20-5-3-4-6-22(20)24(23)14-17-7-9-18(10-8-17)15-28(25,26)27/h3-13,16H,14-15H2,1-2H3,(H2,25,26,27). The van der Waals surface area contributed by atoms with Crippen molar-refractivity contribution in [2.45, 2.75) is 32.5 Å². The summed E-state index contributed by atoms with van der Waals surface area (Å²) < 4.78 is 13.5. The molecule has 0 saturated heterocycles. The highest BCUT2D eigenvalue weighted by molar-refractivity contribution is 7.50. The van der Waals surface area contributed by atoms with Gasteiger partial charge in [-0.05, 0) is 40.8 Å². The van der Waals surface area contributed by atoms with E-state index in [1.165, 1.54) is 27.4 Å². The molecule has 28 heavy (non-hydrogen) atoms. The van der Waals surface area contributed by atoms with Gasteiger partial charge in [0.05, 0.1) is 6.16 Å². The zero-order valence-electron chi connectivity index (χ0n) is 16.0. The molecule has 0 aliphatic heterocycles. The summed E-state index contributed by atoms with van der Waals surface area (Å²) in [7, 11) is -4.04. The van der Waals surface area contributed by atoms with Crippen molar-refractivity contribution in [3.8, 4) is 0 Å². The molecule has 0 aliphatic rings. The van der Waals surface area contributed by atoms with Crippen LogP contribution in [0.1, 0.15) is 36.5 Å². The van der Waals surface area contributed by atoms with E-state index in [2.05, 4.69) is 60.9 Å².